The van der Waals surface area contributed by atoms with Gasteiger partial charge in [0.25, 0.3) is 0 Å². The zero-order valence-corrected chi connectivity index (χ0v) is 9.67. The van der Waals surface area contributed by atoms with Crippen LogP contribution >= 0.6 is 0 Å². The fourth-order valence-corrected chi connectivity index (χ4v) is 2.42. The maximum Gasteiger partial charge on any atom is 0.240 e. The highest BCUT2D eigenvalue weighted by atomic mass is 32.2. The standard InChI is InChI=1S/C8H18N2O3S/c1-7(8(11)10(2)3)14(12,13)6-4-5-9/h7H,4-6,9H2,1-3H3. The molecule has 14 heavy (non-hydrogen) atoms. The van der Waals surface area contributed by atoms with E-state index in [2.05, 4.69) is 0 Å². The summed E-state index contributed by atoms with van der Waals surface area (Å²) in [5, 5.41) is -0.968. The van der Waals surface area contributed by atoms with Gasteiger partial charge in [-0.15, -0.1) is 0 Å². The second kappa shape index (κ2) is 5.31. The molecule has 0 aliphatic heterocycles. The first kappa shape index (κ1) is 13.4. The third kappa shape index (κ3) is 3.63. The van der Waals surface area contributed by atoms with Crippen LogP contribution in [0.1, 0.15) is 13.3 Å². The highest BCUT2D eigenvalue weighted by Gasteiger charge is 2.28. The van der Waals surface area contributed by atoms with Gasteiger partial charge in [-0.1, -0.05) is 0 Å². The number of nitrogens with zero attached hydrogens (tertiary/aromatic N) is 1. The van der Waals surface area contributed by atoms with Gasteiger partial charge in [-0.3, -0.25) is 4.79 Å². The number of carbonyl (C=O) groups excluding carboxylic acids is 1. The normalized spacial score (nSPS) is 13.7. The molecule has 5 nitrogen and oxygen atoms in total. The van der Waals surface area contributed by atoms with E-state index in [4.69, 9.17) is 5.73 Å². The number of rotatable bonds is 5. The van der Waals surface area contributed by atoms with E-state index in [0.717, 1.165) is 0 Å². The average Bonchev–Trinajstić information content (AvgIpc) is 2.12. The Balaban J connectivity index is 4.51. The van der Waals surface area contributed by atoms with Crippen LogP contribution in [-0.4, -0.2) is 50.9 Å². The maximum atomic E-state index is 11.5. The largest absolute Gasteiger partial charge is 0.348 e. The fraction of sp³-hybridized carbons (Fsp3) is 0.875. The summed E-state index contributed by atoms with van der Waals surface area (Å²) in [7, 11) is -0.260. The average molecular weight is 222 g/mol. The van der Waals surface area contributed by atoms with Crippen molar-refractivity contribution in [3.8, 4) is 0 Å². The van der Waals surface area contributed by atoms with Crippen molar-refractivity contribution in [1.29, 1.82) is 0 Å². The lowest BCUT2D eigenvalue weighted by Crippen LogP contribution is -2.38. The van der Waals surface area contributed by atoms with Crippen molar-refractivity contribution >= 4 is 15.7 Å². The van der Waals surface area contributed by atoms with Gasteiger partial charge in [-0.25, -0.2) is 8.42 Å². The van der Waals surface area contributed by atoms with E-state index in [1.807, 2.05) is 0 Å². The van der Waals surface area contributed by atoms with Gasteiger partial charge in [0, 0.05) is 14.1 Å². The van der Waals surface area contributed by atoms with Crippen molar-refractivity contribution < 1.29 is 13.2 Å². The second-order valence-electron chi connectivity index (χ2n) is 3.38. The predicted molar refractivity (Wildman–Crippen MR) is 55.6 cm³/mol. The van der Waals surface area contributed by atoms with E-state index in [1.165, 1.54) is 25.9 Å². The molecule has 0 aromatic carbocycles. The molecule has 0 heterocycles. The van der Waals surface area contributed by atoms with Crippen LogP contribution < -0.4 is 5.73 Å². The fourth-order valence-electron chi connectivity index (χ4n) is 0.979. The molecule has 6 heteroatoms. The number of nitrogens with two attached hydrogens (primary N) is 1. The van der Waals surface area contributed by atoms with Gasteiger partial charge in [0.1, 0.15) is 5.25 Å². The van der Waals surface area contributed by atoms with Gasteiger partial charge in [0.05, 0.1) is 5.75 Å². The number of amides is 1. The van der Waals surface area contributed by atoms with Crippen LogP contribution in [0.3, 0.4) is 0 Å². The molecular weight excluding hydrogens is 204 g/mol. The first-order valence-electron chi connectivity index (χ1n) is 4.45. The van der Waals surface area contributed by atoms with Crippen molar-refractivity contribution in [2.24, 2.45) is 5.73 Å². The minimum absolute atomic E-state index is 0.0236. The second-order valence-corrected chi connectivity index (χ2v) is 5.83. The van der Waals surface area contributed by atoms with Crippen LogP contribution in [-0.2, 0) is 14.6 Å². The van der Waals surface area contributed by atoms with Gasteiger partial charge in [-0.2, -0.15) is 0 Å². The SMILES string of the molecule is CC(C(=O)N(C)C)S(=O)(=O)CCCN. The molecule has 0 saturated heterocycles. The number of carbonyl (C=O) groups is 1. The lowest BCUT2D eigenvalue weighted by atomic mass is 10.4. The minimum Gasteiger partial charge on any atom is -0.348 e. The molecule has 84 valence electrons. The molecule has 2 N–H and O–H groups in total. The van der Waals surface area contributed by atoms with Crippen LogP contribution in [0.5, 0.6) is 0 Å². The minimum atomic E-state index is -3.34. The van der Waals surface area contributed by atoms with Crippen LogP contribution in [0.2, 0.25) is 0 Å². The van der Waals surface area contributed by atoms with E-state index in [0.29, 0.717) is 13.0 Å². The van der Waals surface area contributed by atoms with E-state index in [-0.39, 0.29) is 11.7 Å². The number of sulfone groups is 1. The molecule has 0 rings (SSSR count). The summed E-state index contributed by atoms with van der Waals surface area (Å²) in [5.41, 5.74) is 5.21. The van der Waals surface area contributed by atoms with Crippen LogP contribution in [0.15, 0.2) is 0 Å². The molecule has 1 unspecified atom stereocenters. The quantitative estimate of drug-likeness (QED) is 0.662. The first-order valence-corrected chi connectivity index (χ1v) is 6.17. The summed E-state index contributed by atoms with van der Waals surface area (Å²) >= 11 is 0. The Bertz CT molecular complexity index is 285. The Morgan fingerprint density at radius 1 is 1.43 bits per heavy atom. The van der Waals surface area contributed by atoms with Crippen molar-refractivity contribution in [3.63, 3.8) is 0 Å². The van der Waals surface area contributed by atoms with E-state index >= 15 is 0 Å². The van der Waals surface area contributed by atoms with Crippen molar-refractivity contribution in [2.75, 3.05) is 26.4 Å². The molecular formula is C8H18N2O3S. The Labute approximate surface area is 85.2 Å². The third-order valence-corrected chi connectivity index (χ3v) is 4.10. The predicted octanol–water partition coefficient (Wildman–Crippen LogP) is -0.773. The summed E-state index contributed by atoms with van der Waals surface area (Å²) in [6.45, 7) is 1.73. The van der Waals surface area contributed by atoms with Gasteiger partial charge in [0.2, 0.25) is 5.91 Å². The molecule has 1 atom stereocenters. The molecule has 0 fully saturated rings. The molecule has 0 spiro atoms. The molecule has 0 aromatic heterocycles. The Kier molecular flexibility index (Phi) is 5.07. The summed E-state index contributed by atoms with van der Waals surface area (Å²) in [4.78, 5) is 12.7. The Morgan fingerprint density at radius 2 is 1.93 bits per heavy atom. The first-order chi connectivity index (χ1) is 6.33. The smallest absolute Gasteiger partial charge is 0.240 e. The van der Waals surface area contributed by atoms with Gasteiger partial charge in [0.15, 0.2) is 9.84 Å². The van der Waals surface area contributed by atoms with Crippen LogP contribution in [0.4, 0.5) is 0 Å². The third-order valence-electron chi connectivity index (χ3n) is 1.96. The zero-order valence-electron chi connectivity index (χ0n) is 8.86. The number of hydrogen-bond donors (Lipinski definition) is 1. The van der Waals surface area contributed by atoms with Crippen molar-refractivity contribution in [2.45, 2.75) is 18.6 Å². The van der Waals surface area contributed by atoms with Gasteiger partial charge < -0.3 is 10.6 Å². The van der Waals surface area contributed by atoms with Gasteiger partial charge >= 0.3 is 0 Å². The molecule has 0 saturated carbocycles. The van der Waals surface area contributed by atoms with Crippen LogP contribution in [0, 0.1) is 0 Å². The Hall–Kier alpha value is -0.620. The maximum absolute atomic E-state index is 11.5. The Morgan fingerprint density at radius 3 is 2.29 bits per heavy atom. The highest BCUT2D eigenvalue weighted by molar-refractivity contribution is 7.92. The van der Waals surface area contributed by atoms with Crippen LogP contribution in [0.25, 0.3) is 0 Å². The van der Waals surface area contributed by atoms with Crippen molar-refractivity contribution in [1.82, 2.24) is 4.90 Å². The van der Waals surface area contributed by atoms with E-state index in [1.54, 1.807) is 0 Å². The molecule has 0 aliphatic carbocycles. The lowest BCUT2D eigenvalue weighted by Gasteiger charge is -2.16. The summed E-state index contributed by atoms with van der Waals surface area (Å²) in [6, 6.07) is 0. The van der Waals surface area contributed by atoms with Gasteiger partial charge in [-0.05, 0) is 19.9 Å². The molecule has 0 radical (unpaired) electrons. The topological polar surface area (TPSA) is 80.5 Å². The molecule has 1 amide bonds. The summed E-state index contributed by atoms with van der Waals surface area (Å²) in [6.07, 6.45) is 0.396. The molecule has 0 bridgehead atoms. The molecule has 0 aliphatic rings. The highest BCUT2D eigenvalue weighted by Crippen LogP contribution is 2.05. The lowest BCUT2D eigenvalue weighted by molar-refractivity contribution is -0.127. The zero-order chi connectivity index (χ0) is 11.4. The molecule has 0 aromatic rings. The monoisotopic (exact) mass is 222 g/mol. The van der Waals surface area contributed by atoms with Crippen molar-refractivity contribution in [3.05, 3.63) is 0 Å². The summed E-state index contributed by atoms with van der Waals surface area (Å²) in [5.74, 6) is -0.411. The van der Waals surface area contributed by atoms with E-state index < -0.39 is 15.1 Å². The summed E-state index contributed by atoms with van der Waals surface area (Å²) < 4.78 is 23.1. The number of hydrogen-bond acceptors (Lipinski definition) is 4. The van der Waals surface area contributed by atoms with E-state index in [9.17, 15) is 13.2 Å².